The van der Waals surface area contributed by atoms with Crippen molar-refractivity contribution < 1.29 is 0 Å². The summed E-state index contributed by atoms with van der Waals surface area (Å²) in [5, 5.41) is 9.19. The Labute approximate surface area is 96.1 Å². The van der Waals surface area contributed by atoms with Crippen molar-refractivity contribution in [1.82, 2.24) is 10.6 Å². The van der Waals surface area contributed by atoms with Crippen molar-refractivity contribution in [2.45, 2.75) is 38.8 Å². The van der Waals surface area contributed by atoms with Crippen LogP contribution < -0.4 is 10.6 Å². The summed E-state index contributed by atoms with van der Waals surface area (Å²) in [4.78, 5) is 1.50. The zero-order valence-corrected chi connectivity index (χ0v) is 10.2. The second-order valence-electron chi connectivity index (χ2n) is 4.13. The van der Waals surface area contributed by atoms with Gasteiger partial charge in [0.2, 0.25) is 0 Å². The SMILES string of the molecule is CCc1ccsc1CNCCNC1CC1. The molecule has 0 bridgehead atoms. The van der Waals surface area contributed by atoms with Crippen molar-refractivity contribution in [3.05, 3.63) is 21.9 Å². The summed E-state index contributed by atoms with van der Waals surface area (Å²) in [6.45, 7) is 5.45. The molecule has 2 nitrogen and oxygen atoms in total. The van der Waals surface area contributed by atoms with Crippen LogP contribution in [0.2, 0.25) is 0 Å². The highest BCUT2D eigenvalue weighted by Crippen LogP contribution is 2.18. The molecule has 1 aromatic rings. The van der Waals surface area contributed by atoms with Crippen LogP contribution in [0.15, 0.2) is 11.4 Å². The molecule has 0 aromatic carbocycles. The van der Waals surface area contributed by atoms with Crippen LogP contribution in [0.4, 0.5) is 0 Å². The Balaban J connectivity index is 1.59. The monoisotopic (exact) mass is 224 g/mol. The maximum atomic E-state index is 3.51. The molecule has 0 unspecified atom stereocenters. The Kier molecular flexibility index (Phi) is 4.18. The van der Waals surface area contributed by atoms with E-state index in [1.807, 2.05) is 11.3 Å². The van der Waals surface area contributed by atoms with E-state index >= 15 is 0 Å². The molecule has 1 aromatic heterocycles. The van der Waals surface area contributed by atoms with E-state index in [9.17, 15) is 0 Å². The number of rotatable bonds is 7. The summed E-state index contributed by atoms with van der Waals surface area (Å²) >= 11 is 1.87. The fraction of sp³-hybridized carbons (Fsp3) is 0.667. The van der Waals surface area contributed by atoms with Gasteiger partial charge in [0.1, 0.15) is 0 Å². The molecule has 1 aliphatic carbocycles. The first-order valence-electron chi connectivity index (χ1n) is 5.89. The summed E-state index contributed by atoms with van der Waals surface area (Å²) in [6.07, 6.45) is 3.91. The molecule has 0 spiro atoms. The fourth-order valence-electron chi connectivity index (χ4n) is 1.69. The van der Waals surface area contributed by atoms with Gasteiger partial charge in [-0.2, -0.15) is 0 Å². The van der Waals surface area contributed by atoms with E-state index in [0.29, 0.717) is 0 Å². The van der Waals surface area contributed by atoms with Crippen LogP contribution in [0.25, 0.3) is 0 Å². The maximum Gasteiger partial charge on any atom is 0.0303 e. The van der Waals surface area contributed by atoms with Crippen LogP contribution in [0, 0.1) is 0 Å². The quantitative estimate of drug-likeness (QED) is 0.694. The van der Waals surface area contributed by atoms with Gasteiger partial charge < -0.3 is 10.6 Å². The van der Waals surface area contributed by atoms with Gasteiger partial charge in [-0.15, -0.1) is 11.3 Å². The summed E-state index contributed by atoms with van der Waals surface area (Å²) in [5.41, 5.74) is 1.50. The number of hydrogen-bond acceptors (Lipinski definition) is 3. The first kappa shape index (κ1) is 11.1. The minimum atomic E-state index is 0.833. The van der Waals surface area contributed by atoms with E-state index in [1.54, 1.807) is 0 Å². The van der Waals surface area contributed by atoms with Crippen molar-refractivity contribution in [3.8, 4) is 0 Å². The molecular weight excluding hydrogens is 204 g/mol. The van der Waals surface area contributed by atoms with Gasteiger partial charge in [0, 0.05) is 30.6 Å². The molecule has 0 aliphatic heterocycles. The third kappa shape index (κ3) is 3.59. The number of nitrogens with one attached hydrogen (secondary N) is 2. The minimum absolute atomic E-state index is 0.833. The first-order chi connectivity index (χ1) is 7.40. The predicted octanol–water partition coefficient (Wildman–Crippen LogP) is 2.15. The third-order valence-corrected chi connectivity index (χ3v) is 3.78. The van der Waals surface area contributed by atoms with Gasteiger partial charge in [-0.25, -0.2) is 0 Å². The molecule has 1 fully saturated rings. The van der Waals surface area contributed by atoms with Gasteiger partial charge in [0.05, 0.1) is 0 Å². The molecule has 3 heteroatoms. The van der Waals surface area contributed by atoms with Crippen LogP contribution in [-0.4, -0.2) is 19.1 Å². The Morgan fingerprint density at radius 2 is 2.27 bits per heavy atom. The fourth-order valence-corrected chi connectivity index (χ4v) is 2.64. The van der Waals surface area contributed by atoms with Crippen LogP contribution in [0.3, 0.4) is 0 Å². The van der Waals surface area contributed by atoms with E-state index in [4.69, 9.17) is 0 Å². The largest absolute Gasteiger partial charge is 0.313 e. The van der Waals surface area contributed by atoms with Gasteiger partial charge in [-0.05, 0) is 36.3 Å². The lowest BCUT2D eigenvalue weighted by Crippen LogP contribution is -2.28. The summed E-state index contributed by atoms with van der Waals surface area (Å²) in [6, 6.07) is 3.07. The average molecular weight is 224 g/mol. The Hall–Kier alpha value is -0.380. The van der Waals surface area contributed by atoms with Gasteiger partial charge in [-0.3, -0.25) is 0 Å². The van der Waals surface area contributed by atoms with E-state index in [1.165, 1.54) is 23.3 Å². The van der Waals surface area contributed by atoms with Crippen LogP contribution in [-0.2, 0) is 13.0 Å². The number of hydrogen-bond donors (Lipinski definition) is 2. The molecule has 2 rings (SSSR count). The van der Waals surface area contributed by atoms with Gasteiger partial charge >= 0.3 is 0 Å². The van der Waals surface area contributed by atoms with Crippen molar-refractivity contribution in [2.24, 2.45) is 0 Å². The highest BCUT2D eigenvalue weighted by atomic mass is 32.1. The number of thiophene rings is 1. The Morgan fingerprint density at radius 1 is 1.40 bits per heavy atom. The van der Waals surface area contributed by atoms with Crippen molar-refractivity contribution >= 4 is 11.3 Å². The standard InChI is InChI=1S/C12H20N2S/c1-2-10-5-8-15-12(10)9-13-6-7-14-11-3-4-11/h5,8,11,13-14H,2-4,6-7,9H2,1H3. The molecule has 84 valence electrons. The third-order valence-electron chi connectivity index (χ3n) is 2.82. The zero-order valence-electron chi connectivity index (χ0n) is 9.38. The maximum absolute atomic E-state index is 3.51. The lowest BCUT2D eigenvalue weighted by Gasteiger charge is -2.05. The van der Waals surface area contributed by atoms with Crippen molar-refractivity contribution in [3.63, 3.8) is 0 Å². The summed E-state index contributed by atoms with van der Waals surface area (Å²) < 4.78 is 0. The second kappa shape index (κ2) is 5.64. The molecule has 0 amide bonds. The molecule has 1 heterocycles. The van der Waals surface area contributed by atoms with Crippen molar-refractivity contribution in [2.75, 3.05) is 13.1 Å². The van der Waals surface area contributed by atoms with Crippen molar-refractivity contribution in [1.29, 1.82) is 0 Å². The molecule has 2 N–H and O–H groups in total. The summed E-state index contributed by atoms with van der Waals surface area (Å²) in [7, 11) is 0. The molecule has 0 saturated heterocycles. The molecule has 1 saturated carbocycles. The molecule has 15 heavy (non-hydrogen) atoms. The van der Waals surface area contributed by atoms with Gasteiger partial charge in [0.25, 0.3) is 0 Å². The van der Waals surface area contributed by atoms with Gasteiger partial charge in [-0.1, -0.05) is 6.92 Å². The highest BCUT2D eigenvalue weighted by molar-refractivity contribution is 7.10. The minimum Gasteiger partial charge on any atom is -0.313 e. The van der Waals surface area contributed by atoms with E-state index in [2.05, 4.69) is 29.0 Å². The number of aryl methyl sites for hydroxylation is 1. The summed E-state index contributed by atoms with van der Waals surface area (Å²) in [5.74, 6) is 0. The van der Waals surface area contributed by atoms with E-state index in [-0.39, 0.29) is 0 Å². The highest BCUT2D eigenvalue weighted by Gasteiger charge is 2.19. The van der Waals surface area contributed by atoms with Crippen LogP contribution >= 0.6 is 11.3 Å². The lowest BCUT2D eigenvalue weighted by atomic mass is 10.2. The normalized spacial score (nSPS) is 15.8. The van der Waals surface area contributed by atoms with Gasteiger partial charge in [0.15, 0.2) is 0 Å². The lowest BCUT2D eigenvalue weighted by molar-refractivity contribution is 0.610. The van der Waals surface area contributed by atoms with E-state index < -0.39 is 0 Å². The molecule has 0 radical (unpaired) electrons. The molecule has 1 aliphatic rings. The second-order valence-corrected chi connectivity index (χ2v) is 5.13. The molecule has 0 atom stereocenters. The Morgan fingerprint density at radius 3 is 3.00 bits per heavy atom. The predicted molar refractivity (Wildman–Crippen MR) is 66.4 cm³/mol. The first-order valence-corrected chi connectivity index (χ1v) is 6.77. The van der Waals surface area contributed by atoms with E-state index in [0.717, 1.165) is 32.1 Å². The average Bonchev–Trinajstić information content (AvgIpc) is 2.96. The van der Waals surface area contributed by atoms with Crippen LogP contribution in [0.5, 0.6) is 0 Å². The Bertz CT molecular complexity index is 292. The topological polar surface area (TPSA) is 24.1 Å². The zero-order chi connectivity index (χ0) is 10.5. The van der Waals surface area contributed by atoms with Crippen LogP contribution in [0.1, 0.15) is 30.2 Å². The smallest absolute Gasteiger partial charge is 0.0303 e. The molecular formula is C12H20N2S.